The van der Waals surface area contributed by atoms with Gasteiger partial charge in [0.25, 0.3) is 0 Å². The summed E-state index contributed by atoms with van der Waals surface area (Å²) in [6, 6.07) is 0.119. The van der Waals surface area contributed by atoms with Crippen LogP contribution in [0, 0.1) is 0 Å². The van der Waals surface area contributed by atoms with Gasteiger partial charge < -0.3 is 5.32 Å². The molecule has 1 fully saturated rings. The topological polar surface area (TPSA) is 32.3 Å². The van der Waals surface area contributed by atoms with Crippen LogP contribution in [0.3, 0.4) is 0 Å². The number of likely N-dealkylation sites (N-methyl/N-ethyl adjacent to an activating group) is 1. The summed E-state index contributed by atoms with van der Waals surface area (Å²) in [4.78, 5) is 13.5. The predicted molar refractivity (Wildman–Crippen MR) is 44.3 cm³/mol. The largest absolute Gasteiger partial charge is 0.353 e. The van der Waals surface area contributed by atoms with Gasteiger partial charge in [-0.25, -0.2) is 0 Å². The fourth-order valence-corrected chi connectivity index (χ4v) is 1.58. The summed E-state index contributed by atoms with van der Waals surface area (Å²) in [6.07, 6.45) is 0.916. The molecule has 1 rings (SSSR count). The molecule has 11 heavy (non-hydrogen) atoms. The number of amides is 1. The van der Waals surface area contributed by atoms with E-state index < -0.39 is 0 Å². The van der Waals surface area contributed by atoms with E-state index in [1.54, 1.807) is 0 Å². The lowest BCUT2D eigenvalue weighted by atomic mass is 10.1. The molecule has 0 aliphatic carbocycles. The van der Waals surface area contributed by atoms with Gasteiger partial charge in [0.05, 0.1) is 6.04 Å². The summed E-state index contributed by atoms with van der Waals surface area (Å²) >= 11 is 0. The van der Waals surface area contributed by atoms with Crippen LogP contribution >= 0.6 is 0 Å². The zero-order chi connectivity index (χ0) is 8.27. The van der Waals surface area contributed by atoms with Gasteiger partial charge >= 0.3 is 0 Å². The van der Waals surface area contributed by atoms with Crippen LogP contribution in [0.5, 0.6) is 0 Å². The van der Waals surface area contributed by atoms with Crippen molar-refractivity contribution >= 4 is 5.91 Å². The third-order valence-electron chi connectivity index (χ3n) is 2.23. The van der Waals surface area contributed by atoms with Crippen LogP contribution in [0.2, 0.25) is 0 Å². The van der Waals surface area contributed by atoms with E-state index in [2.05, 4.69) is 24.1 Å². The maximum Gasteiger partial charge on any atom is 0.237 e. The Morgan fingerprint density at radius 2 is 2.36 bits per heavy atom. The molecule has 3 nitrogen and oxygen atoms in total. The SMILES string of the molecule is CCC1C(=O)NCCN1CC. The minimum Gasteiger partial charge on any atom is -0.353 e. The van der Waals surface area contributed by atoms with E-state index in [1.165, 1.54) is 0 Å². The van der Waals surface area contributed by atoms with Crippen LogP contribution in [0.4, 0.5) is 0 Å². The van der Waals surface area contributed by atoms with Gasteiger partial charge in [0.15, 0.2) is 0 Å². The van der Waals surface area contributed by atoms with E-state index in [9.17, 15) is 4.79 Å². The number of piperazine rings is 1. The first-order chi connectivity index (χ1) is 5.29. The average Bonchev–Trinajstić information content (AvgIpc) is 2.04. The number of carbonyl (C=O) groups is 1. The van der Waals surface area contributed by atoms with Crippen LogP contribution < -0.4 is 5.32 Å². The Hall–Kier alpha value is -0.570. The Labute approximate surface area is 67.8 Å². The predicted octanol–water partition coefficient (Wildman–Crippen LogP) is 0.217. The highest BCUT2D eigenvalue weighted by Crippen LogP contribution is 2.06. The van der Waals surface area contributed by atoms with Gasteiger partial charge in [0.1, 0.15) is 0 Å². The molecule has 0 aromatic carbocycles. The second-order valence-corrected chi connectivity index (χ2v) is 2.84. The van der Waals surface area contributed by atoms with Gasteiger partial charge in [-0.05, 0) is 13.0 Å². The minimum absolute atomic E-state index is 0.119. The number of rotatable bonds is 2. The molecule has 0 radical (unpaired) electrons. The maximum atomic E-state index is 11.2. The van der Waals surface area contributed by atoms with Crippen molar-refractivity contribution in [2.45, 2.75) is 26.3 Å². The standard InChI is InChI=1S/C8H16N2O/c1-3-7-8(11)9-5-6-10(7)4-2/h7H,3-6H2,1-2H3,(H,9,11). The van der Waals surface area contributed by atoms with Crippen molar-refractivity contribution in [3.8, 4) is 0 Å². The van der Waals surface area contributed by atoms with Gasteiger partial charge in [0, 0.05) is 13.1 Å². The summed E-state index contributed by atoms with van der Waals surface area (Å²) in [6.45, 7) is 6.94. The summed E-state index contributed by atoms with van der Waals surface area (Å²) in [5, 5.41) is 2.87. The molecule has 1 heterocycles. The molecule has 1 saturated heterocycles. The molecule has 1 aliphatic rings. The fraction of sp³-hybridized carbons (Fsp3) is 0.875. The highest BCUT2D eigenvalue weighted by atomic mass is 16.2. The molecule has 64 valence electrons. The first-order valence-corrected chi connectivity index (χ1v) is 4.31. The highest BCUT2D eigenvalue weighted by Gasteiger charge is 2.25. The smallest absolute Gasteiger partial charge is 0.237 e. The normalized spacial score (nSPS) is 26.7. The number of hydrogen-bond acceptors (Lipinski definition) is 2. The molecule has 0 aromatic heterocycles. The van der Waals surface area contributed by atoms with Gasteiger partial charge in [0.2, 0.25) is 5.91 Å². The highest BCUT2D eigenvalue weighted by molar-refractivity contribution is 5.82. The molecule has 0 spiro atoms. The van der Waals surface area contributed by atoms with Crippen molar-refractivity contribution in [2.24, 2.45) is 0 Å². The Kier molecular flexibility index (Phi) is 2.88. The average molecular weight is 156 g/mol. The van der Waals surface area contributed by atoms with E-state index in [0.717, 1.165) is 26.1 Å². The van der Waals surface area contributed by atoms with Crippen molar-refractivity contribution in [2.75, 3.05) is 19.6 Å². The molecular formula is C8H16N2O. The van der Waals surface area contributed by atoms with E-state index in [4.69, 9.17) is 0 Å². The van der Waals surface area contributed by atoms with Gasteiger partial charge in [-0.15, -0.1) is 0 Å². The van der Waals surface area contributed by atoms with E-state index in [1.807, 2.05) is 0 Å². The molecule has 0 aromatic rings. The molecule has 1 N–H and O–H groups in total. The summed E-state index contributed by atoms with van der Waals surface area (Å²) in [5.74, 6) is 0.195. The minimum atomic E-state index is 0.119. The zero-order valence-corrected chi connectivity index (χ0v) is 7.26. The zero-order valence-electron chi connectivity index (χ0n) is 7.26. The number of nitrogens with one attached hydrogen (secondary N) is 1. The monoisotopic (exact) mass is 156 g/mol. The van der Waals surface area contributed by atoms with Crippen LogP contribution in [-0.2, 0) is 4.79 Å². The van der Waals surface area contributed by atoms with Gasteiger partial charge in [-0.3, -0.25) is 9.69 Å². The van der Waals surface area contributed by atoms with Gasteiger partial charge in [-0.2, -0.15) is 0 Å². The number of nitrogens with zero attached hydrogens (tertiary/aromatic N) is 1. The lowest BCUT2D eigenvalue weighted by molar-refractivity contribution is -0.128. The number of carbonyl (C=O) groups excluding carboxylic acids is 1. The van der Waals surface area contributed by atoms with Crippen LogP contribution in [-0.4, -0.2) is 36.5 Å². The second kappa shape index (κ2) is 3.72. The molecule has 1 atom stereocenters. The van der Waals surface area contributed by atoms with Crippen molar-refractivity contribution in [1.29, 1.82) is 0 Å². The van der Waals surface area contributed by atoms with Crippen molar-refractivity contribution in [3.63, 3.8) is 0 Å². The third-order valence-corrected chi connectivity index (χ3v) is 2.23. The molecular weight excluding hydrogens is 140 g/mol. The molecule has 0 bridgehead atoms. The summed E-state index contributed by atoms with van der Waals surface area (Å²) < 4.78 is 0. The summed E-state index contributed by atoms with van der Waals surface area (Å²) in [7, 11) is 0. The molecule has 1 unspecified atom stereocenters. The van der Waals surface area contributed by atoms with Crippen molar-refractivity contribution in [1.82, 2.24) is 10.2 Å². The Bertz CT molecular complexity index is 147. The molecule has 3 heteroatoms. The summed E-state index contributed by atoms with van der Waals surface area (Å²) in [5.41, 5.74) is 0. The third kappa shape index (κ3) is 1.71. The maximum absolute atomic E-state index is 11.2. The molecule has 1 aliphatic heterocycles. The van der Waals surface area contributed by atoms with Gasteiger partial charge in [-0.1, -0.05) is 13.8 Å². The number of hydrogen-bond donors (Lipinski definition) is 1. The van der Waals surface area contributed by atoms with E-state index in [-0.39, 0.29) is 11.9 Å². The quantitative estimate of drug-likeness (QED) is 0.620. The first-order valence-electron chi connectivity index (χ1n) is 4.31. The fourth-order valence-electron chi connectivity index (χ4n) is 1.58. The Morgan fingerprint density at radius 1 is 1.64 bits per heavy atom. The molecule has 0 saturated carbocycles. The van der Waals surface area contributed by atoms with Crippen LogP contribution in [0.1, 0.15) is 20.3 Å². The Balaban J connectivity index is 2.56. The Morgan fingerprint density at radius 3 is 2.82 bits per heavy atom. The van der Waals surface area contributed by atoms with Crippen LogP contribution in [0.25, 0.3) is 0 Å². The van der Waals surface area contributed by atoms with E-state index >= 15 is 0 Å². The van der Waals surface area contributed by atoms with Crippen molar-refractivity contribution < 1.29 is 4.79 Å². The van der Waals surface area contributed by atoms with Crippen molar-refractivity contribution in [3.05, 3.63) is 0 Å². The second-order valence-electron chi connectivity index (χ2n) is 2.84. The molecule has 1 amide bonds. The lowest BCUT2D eigenvalue weighted by Crippen LogP contribution is -2.54. The van der Waals surface area contributed by atoms with E-state index in [0.29, 0.717) is 0 Å². The first kappa shape index (κ1) is 8.53. The lowest BCUT2D eigenvalue weighted by Gasteiger charge is -2.33. The van der Waals surface area contributed by atoms with Crippen LogP contribution in [0.15, 0.2) is 0 Å².